The first-order chi connectivity index (χ1) is 15.1. The molecule has 0 amide bonds. The predicted octanol–water partition coefficient (Wildman–Crippen LogP) is 4.67. The van der Waals surface area contributed by atoms with Crippen molar-refractivity contribution < 1.29 is 13.3 Å². The van der Waals surface area contributed by atoms with E-state index in [4.69, 9.17) is 0 Å². The molecule has 2 aromatic carbocycles. The van der Waals surface area contributed by atoms with Gasteiger partial charge in [-0.1, -0.05) is 32.1 Å². The van der Waals surface area contributed by atoms with Gasteiger partial charge in [0.1, 0.15) is 5.69 Å². The molecule has 0 spiro atoms. The van der Waals surface area contributed by atoms with Crippen LogP contribution in [0.15, 0.2) is 60.0 Å². The van der Waals surface area contributed by atoms with Gasteiger partial charge in [0.25, 0.3) is 5.69 Å². The van der Waals surface area contributed by atoms with Gasteiger partial charge < -0.3 is 10.2 Å². The number of hydrogen-bond donors (Lipinski definition) is 2. The fourth-order valence-electron chi connectivity index (χ4n) is 3.25. The van der Waals surface area contributed by atoms with Crippen LogP contribution in [0.3, 0.4) is 0 Å². The molecular weight excluding hydrogens is 428 g/mol. The van der Waals surface area contributed by atoms with Crippen LogP contribution in [-0.2, 0) is 16.6 Å². The average Bonchev–Trinajstić information content (AvgIpc) is 2.72. The van der Waals surface area contributed by atoms with Crippen molar-refractivity contribution in [3.05, 3.63) is 70.8 Å². The molecule has 0 aromatic heterocycles. The Labute approximate surface area is 190 Å². The van der Waals surface area contributed by atoms with Gasteiger partial charge in [0.15, 0.2) is 0 Å². The molecule has 8 nitrogen and oxygen atoms in total. The molecular formula is C23H32N4O4S. The van der Waals surface area contributed by atoms with E-state index < -0.39 is 14.9 Å². The third kappa shape index (κ3) is 7.74. The molecule has 174 valence electrons. The Morgan fingerprint density at radius 1 is 1.22 bits per heavy atom. The van der Waals surface area contributed by atoms with Crippen molar-refractivity contribution >= 4 is 27.1 Å². The summed E-state index contributed by atoms with van der Waals surface area (Å²) in [5, 5.41) is 14.6. The van der Waals surface area contributed by atoms with Crippen LogP contribution in [0.4, 0.5) is 17.1 Å². The number of rotatable bonds is 13. The van der Waals surface area contributed by atoms with Crippen LogP contribution in [0.25, 0.3) is 0 Å². The summed E-state index contributed by atoms with van der Waals surface area (Å²) < 4.78 is 26.9. The molecule has 2 rings (SSSR count). The van der Waals surface area contributed by atoms with Crippen molar-refractivity contribution in [1.29, 1.82) is 0 Å². The molecule has 0 aliphatic rings. The Morgan fingerprint density at radius 3 is 2.62 bits per heavy atom. The van der Waals surface area contributed by atoms with Crippen LogP contribution in [0, 0.1) is 16.0 Å². The first-order valence-electron chi connectivity index (χ1n) is 10.6. The lowest BCUT2D eigenvalue weighted by Crippen LogP contribution is -2.23. The second kappa shape index (κ2) is 11.8. The largest absolute Gasteiger partial charge is 0.350 e. The van der Waals surface area contributed by atoms with Crippen molar-refractivity contribution in [1.82, 2.24) is 9.62 Å². The van der Waals surface area contributed by atoms with Crippen molar-refractivity contribution in [2.45, 2.75) is 38.1 Å². The molecule has 0 aliphatic heterocycles. The molecule has 0 saturated carbocycles. The van der Waals surface area contributed by atoms with E-state index >= 15 is 0 Å². The van der Waals surface area contributed by atoms with Crippen molar-refractivity contribution in [2.24, 2.45) is 5.92 Å². The van der Waals surface area contributed by atoms with E-state index in [1.807, 2.05) is 24.3 Å². The van der Waals surface area contributed by atoms with E-state index in [0.717, 1.165) is 31.1 Å². The smallest absolute Gasteiger partial charge is 0.294 e. The van der Waals surface area contributed by atoms with E-state index in [9.17, 15) is 18.5 Å². The summed E-state index contributed by atoms with van der Waals surface area (Å²) >= 11 is 0. The van der Waals surface area contributed by atoms with Crippen LogP contribution in [0.2, 0.25) is 0 Å². The maximum atomic E-state index is 12.3. The van der Waals surface area contributed by atoms with Gasteiger partial charge in [0.2, 0.25) is 10.0 Å². The highest BCUT2D eigenvalue weighted by molar-refractivity contribution is 7.89. The van der Waals surface area contributed by atoms with Crippen molar-refractivity contribution in [3.63, 3.8) is 0 Å². The lowest BCUT2D eigenvalue weighted by molar-refractivity contribution is -0.384. The summed E-state index contributed by atoms with van der Waals surface area (Å²) in [5.74, 6) is 0.686. The van der Waals surface area contributed by atoms with Gasteiger partial charge in [-0.05, 0) is 62.2 Å². The first kappa shape index (κ1) is 25.5. The van der Waals surface area contributed by atoms with Crippen molar-refractivity contribution in [2.75, 3.05) is 25.5 Å². The third-order valence-corrected chi connectivity index (χ3v) is 6.29. The highest BCUT2D eigenvalue weighted by Crippen LogP contribution is 2.30. The van der Waals surface area contributed by atoms with Gasteiger partial charge in [-0.3, -0.25) is 10.1 Å². The normalized spacial score (nSPS) is 11.7. The fraction of sp³-hybridized carbons (Fsp3) is 0.391. The van der Waals surface area contributed by atoms with Crippen LogP contribution in [0.5, 0.6) is 0 Å². The lowest BCUT2D eigenvalue weighted by atomic mass is 10.1. The Morgan fingerprint density at radius 2 is 1.97 bits per heavy atom. The summed E-state index contributed by atoms with van der Waals surface area (Å²) in [6, 6.07) is 11.5. The summed E-state index contributed by atoms with van der Waals surface area (Å²) in [6.07, 6.45) is 3.72. The lowest BCUT2D eigenvalue weighted by Gasteiger charge is -2.18. The summed E-state index contributed by atoms with van der Waals surface area (Å²) in [5.41, 5.74) is 1.68. The van der Waals surface area contributed by atoms with Gasteiger partial charge in [0.05, 0.1) is 9.82 Å². The monoisotopic (exact) mass is 460 g/mol. The third-order valence-electron chi connectivity index (χ3n) is 4.87. The maximum absolute atomic E-state index is 12.3. The molecule has 0 fully saturated rings. The number of nitro groups is 1. The van der Waals surface area contributed by atoms with E-state index in [-0.39, 0.29) is 22.8 Å². The zero-order chi connectivity index (χ0) is 23.7. The zero-order valence-corrected chi connectivity index (χ0v) is 19.7. The van der Waals surface area contributed by atoms with E-state index in [0.29, 0.717) is 11.6 Å². The second-order valence-electron chi connectivity index (χ2n) is 8.18. The minimum absolute atomic E-state index is 0.0365. The van der Waals surface area contributed by atoms with Crippen molar-refractivity contribution in [3.8, 4) is 0 Å². The molecule has 0 bridgehead atoms. The summed E-state index contributed by atoms with van der Waals surface area (Å²) in [6.45, 7) is 9.69. The molecule has 32 heavy (non-hydrogen) atoms. The predicted molar refractivity (Wildman–Crippen MR) is 129 cm³/mol. The minimum atomic E-state index is -3.86. The number of anilines is 2. The number of nitro benzene ring substituents is 1. The highest BCUT2D eigenvalue weighted by atomic mass is 32.2. The molecule has 9 heteroatoms. The topological polar surface area (TPSA) is 105 Å². The first-order valence-corrected chi connectivity index (χ1v) is 12.0. The molecule has 0 radical (unpaired) electrons. The number of benzene rings is 2. The molecule has 2 N–H and O–H groups in total. The van der Waals surface area contributed by atoms with Crippen LogP contribution in [0.1, 0.15) is 32.3 Å². The molecule has 0 atom stereocenters. The van der Waals surface area contributed by atoms with Gasteiger partial charge in [-0.25, -0.2) is 13.1 Å². The number of sulfonamides is 1. The van der Waals surface area contributed by atoms with E-state index in [1.165, 1.54) is 24.6 Å². The Kier molecular flexibility index (Phi) is 9.37. The molecule has 0 unspecified atom stereocenters. The van der Waals surface area contributed by atoms with Crippen LogP contribution < -0.4 is 10.0 Å². The summed E-state index contributed by atoms with van der Waals surface area (Å²) in [7, 11) is -1.79. The summed E-state index contributed by atoms with van der Waals surface area (Å²) in [4.78, 5) is 13.1. The van der Waals surface area contributed by atoms with E-state index in [2.05, 4.69) is 42.4 Å². The number of nitrogens with one attached hydrogen (secondary N) is 2. The SMILES string of the molecule is C=CCNS(=O)(=O)c1ccc(Nc2cccc(CN(C)CCCC(C)C)c2)c([N+](=O)[O-])c1. The Balaban J connectivity index is 2.17. The second-order valence-corrected chi connectivity index (χ2v) is 9.94. The molecule has 2 aromatic rings. The van der Waals surface area contributed by atoms with Gasteiger partial charge in [-0.15, -0.1) is 6.58 Å². The average molecular weight is 461 g/mol. The Hall–Kier alpha value is -2.75. The molecule has 0 saturated heterocycles. The van der Waals surface area contributed by atoms with E-state index in [1.54, 1.807) is 0 Å². The standard InChI is InChI=1S/C23H32N4O4S/c1-5-13-24-32(30,31)21-11-12-22(23(16-21)27(28)29)25-20-10-6-9-19(15-20)17-26(4)14-7-8-18(2)3/h5-6,9-12,15-16,18,24-25H,1,7-8,13-14,17H2,2-4H3. The highest BCUT2D eigenvalue weighted by Gasteiger charge is 2.21. The minimum Gasteiger partial charge on any atom is -0.350 e. The van der Waals surface area contributed by atoms with Crippen LogP contribution >= 0.6 is 0 Å². The Bertz CT molecular complexity index is 1040. The van der Waals surface area contributed by atoms with Gasteiger partial charge in [-0.2, -0.15) is 0 Å². The number of nitrogens with zero attached hydrogens (tertiary/aromatic N) is 2. The molecule has 0 heterocycles. The van der Waals surface area contributed by atoms with Gasteiger partial charge >= 0.3 is 0 Å². The quantitative estimate of drug-likeness (QED) is 0.256. The maximum Gasteiger partial charge on any atom is 0.294 e. The fourth-order valence-corrected chi connectivity index (χ4v) is 4.27. The van der Waals surface area contributed by atoms with Crippen LogP contribution in [-0.4, -0.2) is 38.4 Å². The molecule has 0 aliphatic carbocycles. The number of hydrogen-bond acceptors (Lipinski definition) is 6. The zero-order valence-electron chi connectivity index (χ0n) is 18.9. The van der Waals surface area contributed by atoms with Gasteiger partial charge in [0, 0.05) is 24.8 Å².